The number of thioether (sulfide) groups is 1. The van der Waals surface area contributed by atoms with Crippen LogP contribution in [-0.2, 0) is 0 Å². The molecule has 0 radical (unpaired) electrons. The second-order valence-corrected chi connectivity index (χ2v) is 3.43. The fourth-order valence-corrected chi connectivity index (χ4v) is 1.29. The zero-order valence-corrected chi connectivity index (χ0v) is 9.30. The summed E-state index contributed by atoms with van der Waals surface area (Å²) in [5, 5.41) is 4.10. The first-order valence-corrected chi connectivity index (χ1v) is 5.79. The predicted molar refractivity (Wildman–Crippen MR) is 57.9 cm³/mol. The Balaban J connectivity index is 2.34. The van der Waals surface area contributed by atoms with E-state index in [1.807, 2.05) is 12.3 Å². The molecule has 1 heterocycles. The summed E-state index contributed by atoms with van der Waals surface area (Å²) >= 11 is 1.58. The third-order valence-electron chi connectivity index (χ3n) is 1.60. The van der Waals surface area contributed by atoms with Gasteiger partial charge in [0.15, 0.2) is 0 Å². The van der Waals surface area contributed by atoms with E-state index in [2.05, 4.69) is 22.2 Å². The van der Waals surface area contributed by atoms with Crippen molar-refractivity contribution in [1.29, 1.82) is 0 Å². The normalized spacial score (nSPS) is 10.1. The van der Waals surface area contributed by atoms with Crippen LogP contribution in [0.3, 0.4) is 0 Å². The van der Waals surface area contributed by atoms with Gasteiger partial charge in [0, 0.05) is 12.6 Å². The molecule has 0 unspecified atom stereocenters. The number of hydrogen-bond donors (Lipinski definition) is 1. The molecule has 0 aliphatic carbocycles. The second-order valence-electron chi connectivity index (χ2n) is 2.60. The van der Waals surface area contributed by atoms with Crippen LogP contribution in [0.2, 0.25) is 0 Å². The number of hydrogen-bond acceptors (Lipinski definition) is 5. The van der Waals surface area contributed by atoms with Gasteiger partial charge in [0.05, 0.1) is 0 Å². The van der Waals surface area contributed by atoms with E-state index in [1.54, 1.807) is 11.8 Å². The molecule has 0 fully saturated rings. The van der Waals surface area contributed by atoms with Gasteiger partial charge in [0.25, 0.3) is 0 Å². The van der Waals surface area contributed by atoms with E-state index in [-0.39, 0.29) is 0 Å². The monoisotopic (exact) mass is 213 g/mol. The van der Waals surface area contributed by atoms with Crippen LogP contribution in [0.1, 0.15) is 6.92 Å². The summed E-state index contributed by atoms with van der Waals surface area (Å²) in [5.74, 6) is 0.641. The number of likely N-dealkylation sites (N-methyl/N-ethyl adjacent to an activating group) is 1. The Morgan fingerprint density at radius 1 is 1.50 bits per heavy atom. The van der Waals surface area contributed by atoms with E-state index in [0.717, 1.165) is 18.1 Å². The largest absolute Gasteiger partial charge is 0.476 e. The summed E-state index contributed by atoms with van der Waals surface area (Å²) in [5.41, 5.74) is 0. The summed E-state index contributed by atoms with van der Waals surface area (Å²) in [6.45, 7) is 4.51. The Morgan fingerprint density at radius 3 is 3.07 bits per heavy atom. The van der Waals surface area contributed by atoms with Crippen molar-refractivity contribution in [2.24, 2.45) is 0 Å². The summed E-state index contributed by atoms with van der Waals surface area (Å²) in [7, 11) is 0. The zero-order chi connectivity index (χ0) is 10.2. The van der Waals surface area contributed by atoms with E-state index in [9.17, 15) is 0 Å². The lowest BCUT2D eigenvalue weighted by atomic mass is 10.6. The van der Waals surface area contributed by atoms with Gasteiger partial charge in [-0.05, 0) is 12.8 Å². The van der Waals surface area contributed by atoms with Crippen LogP contribution in [0, 0.1) is 0 Å². The van der Waals surface area contributed by atoms with Gasteiger partial charge in [-0.2, -0.15) is 0 Å². The number of nitrogens with zero attached hydrogens (tertiary/aromatic N) is 2. The molecule has 1 N–H and O–H groups in total. The van der Waals surface area contributed by atoms with Gasteiger partial charge in [-0.25, -0.2) is 9.97 Å². The first kappa shape index (κ1) is 11.3. The first-order valence-electron chi connectivity index (χ1n) is 4.56. The minimum atomic E-state index is 0.638. The highest BCUT2D eigenvalue weighted by atomic mass is 32.2. The third-order valence-corrected chi connectivity index (χ3v) is 2.25. The molecule has 14 heavy (non-hydrogen) atoms. The predicted octanol–water partition coefficient (Wildman–Crippen LogP) is 1.19. The maximum atomic E-state index is 5.42. The summed E-state index contributed by atoms with van der Waals surface area (Å²) < 4.78 is 5.42. The van der Waals surface area contributed by atoms with Crippen molar-refractivity contribution in [3.63, 3.8) is 0 Å². The topological polar surface area (TPSA) is 47.0 Å². The fraction of sp³-hybridized carbons (Fsp3) is 0.556. The smallest absolute Gasteiger partial charge is 0.217 e. The lowest BCUT2D eigenvalue weighted by Crippen LogP contribution is -2.20. The van der Waals surface area contributed by atoms with Crippen LogP contribution in [0.4, 0.5) is 0 Å². The molecule has 5 heteroatoms. The van der Waals surface area contributed by atoms with Gasteiger partial charge in [-0.1, -0.05) is 6.92 Å². The molecule has 0 atom stereocenters. The number of nitrogens with one attached hydrogen (secondary N) is 1. The molecule has 0 saturated heterocycles. The Kier molecular flexibility index (Phi) is 5.32. The van der Waals surface area contributed by atoms with Crippen molar-refractivity contribution in [3.8, 4) is 5.88 Å². The lowest BCUT2D eigenvalue weighted by molar-refractivity contribution is 0.302. The highest BCUT2D eigenvalue weighted by molar-refractivity contribution is 7.98. The third kappa shape index (κ3) is 3.93. The van der Waals surface area contributed by atoms with Crippen molar-refractivity contribution in [3.05, 3.63) is 12.4 Å². The van der Waals surface area contributed by atoms with E-state index in [4.69, 9.17) is 4.74 Å². The van der Waals surface area contributed by atoms with Crippen molar-refractivity contribution in [2.45, 2.75) is 11.9 Å². The second kappa shape index (κ2) is 6.62. The number of rotatable bonds is 6. The SMILES string of the molecule is CCNCCOc1cc(SC)ncn1. The Morgan fingerprint density at radius 2 is 2.36 bits per heavy atom. The molecule has 0 amide bonds. The van der Waals surface area contributed by atoms with Gasteiger partial charge in [-0.15, -0.1) is 11.8 Å². The molecule has 78 valence electrons. The minimum Gasteiger partial charge on any atom is -0.476 e. The molecule has 0 bridgehead atoms. The standard InChI is InChI=1S/C9H15N3OS/c1-3-10-4-5-13-8-6-9(14-2)12-7-11-8/h6-7,10H,3-5H2,1-2H3. The van der Waals surface area contributed by atoms with Crippen LogP contribution in [-0.4, -0.2) is 35.9 Å². The maximum absolute atomic E-state index is 5.42. The van der Waals surface area contributed by atoms with E-state index >= 15 is 0 Å². The van der Waals surface area contributed by atoms with Gasteiger partial charge < -0.3 is 10.1 Å². The molecular weight excluding hydrogens is 198 g/mol. The van der Waals surface area contributed by atoms with Gasteiger partial charge in [0.1, 0.15) is 18.0 Å². The van der Waals surface area contributed by atoms with Crippen molar-refractivity contribution >= 4 is 11.8 Å². The molecule has 1 aromatic rings. The minimum absolute atomic E-state index is 0.638. The van der Waals surface area contributed by atoms with E-state index < -0.39 is 0 Å². The van der Waals surface area contributed by atoms with Crippen LogP contribution < -0.4 is 10.1 Å². The van der Waals surface area contributed by atoms with Gasteiger partial charge in [0.2, 0.25) is 5.88 Å². The molecule has 0 aromatic carbocycles. The van der Waals surface area contributed by atoms with Gasteiger partial charge in [-0.3, -0.25) is 0 Å². The van der Waals surface area contributed by atoms with Gasteiger partial charge >= 0.3 is 0 Å². The number of ether oxygens (including phenoxy) is 1. The van der Waals surface area contributed by atoms with Crippen LogP contribution in [0.25, 0.3) is 0 Å². The van der Waals surface area contributed by atoms with Crippen LogP contribution in [0.15, 0.2) is 17.4 Å². The quantitative estimate of drug-likeness (QED) is 0.437. The fourth-order valence-electron chi connectivity index (χ4n) is 0.918. The Labute approximate surface area is 88.5 Å². The van der Waals surface area contributed by atoms with E-state index in [0.29, 0.717) is 12.5 Å². The summed E-state index contributed by atoms with van der Waals surface area (Å²) in [6, 6.07) is 1.84. The highest BCUT2D eigenvalue weighted by Crippen LogP contribution is 2.14. The molecule has 1 aromatic heterocycles. The first-order chi connectivity index (χ1) is 6.86. The van der Waals surface area contributed by atoms with Crippen LogP contribution in [0.5, 0.6) is 5.88 Å². The maximum Gasteiger partial charge on any atom is 0.217 e. The molecule has 0 spiro atoms. The number of aromatic nitrogens is 2. The van der Waals surface area contributed by atoms with Crippen molar-refractivity contribution in [1.82, 2.24) is 15.3 Å². The van der Waals surface area contributed by atoms with Crippen molar-refractivity contribution in [2.75, 3.05) is 26.0 Å². The summed E-state index contributed by atoms with van der Waals surface area (Å²) in [6.07, 6.45) is 3.50. The van der Waals surface area contributed by atoms with Crippen LogP contribution >= 0.6 is 11.8 Å². The lowest BCUT2D eigenvalue weighted by Gasteiger charge is -2.05. The van der Waals surface area contributed by atoms with E-state index in [1.165, 1.54) is 6.33 Å². The van der Waals surface area contributed by atoms with Crippen molar-refractivity contribution < 1.29 is 4.74 Å². The molecule has 0 saturated carbocycles. The summed E-state index contributed by atoms with van der Waals surface area (Å²) in [4.78, 5) is 8.07. The Bertz CT molecular complexity index is 270. The average molecular weight is 213 g/mol. The molecule has 1 rings (SSSR count). The molecular formula is C9H15N3OS. The average Bonchev–Trinajstić information content (AvgIpc) is 2.25. The molecule has 4 nitrogen and oxygen atoms in total. The molecule has 0 aliphatic rings. The molecule has 0 aliphatic heterocycles. The highest BCUT2D eigenvalue weighted by Gasteiger charge is 1.97. The zero-order valence-electron chi connectivity index (χ0n) is 8.49. The Hall–Kier alpha value is -0.810.